The highest BCUT2D eigenvalue weighted by Gasteiger charge is 2.24. The van der Waals surface area contributed by atoms with Gasteiger partial charge < -0.3 is 9.84 Å². The van der Waals surface area contributed by atoms with Gasteiger partial charge in [0.05, 0.1) is 12.0 Å². The molecule has 0 amide bonds. The van der Waals surface area contributed by atoms with Crippen LogP contribution in [0.2, 0.25) is 0 Å². The van der Waals surface area contributed by atoms with Gasteiger partial charge in [0.25, 0.3) is 0 Å². The molecule has 1 atom stereocenters. The minimum Gasteiger partial charge on any atom is -0.467 e. The van der Waals surface area contributed by atoms with E-state index in [9.17, 15) is 22.7 Å². The fourth-order valence-electron chi connectivity index (χ4n) is 1.52. The van der Waals surface area contributed by atoms with Crippen LogP contribution in [0.1, 0.15) is 17.2 Å². The average molecular weight is 276 g/mol. The molecule has 0 saturated heterocycles. The molecule has 0 bridgehead atoms. The lowest BCUT2D eigenvalue weighted by Gasteiger charge is -2.12. The predicted octanol–water partition coefficient (Wildman–Crippen LogP) is 0.744. The topological polar surface area (TPSA) is 80.7 Å². The Morgan fingerprint density at radius 1 is 1.44 bits per heavy atom. The molecule has 0 fully saturated rings. The van der Waals surface area contributed by atoms with Gasteiger partial charge in [-0.1, -0.05) is 0 Å². The van der Waals surface area contributed by atoms with Crippen molar-refractivity contribution in [2.75, 3.05) is 13.4 Å². The summed E-state index contributed by atoms with van der Waals surface area (Å²) in [6, 6.07) is 1.90. The number of aliphatic hydroxyl groups is 1. The number of hydrogen-bond donors (Lipinski definition) is 1. The molecular weight excluding hydrogens is 263 g/mol. The Morgan fingerprint density at radius 2 is 2.00 bits per heavy atom. The lowest BCUT2D eigenvalue weighted by Crippen LogP contribution is -2.16. The Kier molecular flexibility index (Phi) is 4.08. The monoisotopic (exact) mass is 276 g/mol. The van der Waals surface area contributed by atoms with Crippen molar-refractivity contribution >= 4 is 15.8 Å². The fraction of sp³-hybridized carbons (Fsp3) is 0.364. The third-order valence-corrected chi connectivity index (χ3v) is 3.65. The molecule has 1 aromatic carbocycles. The lowest BCUT2D eigenvalue weighted by atomic mass is 10.1. The first-order valence-corrected chi connectivity index (χ1v) is 6.83. The van der Waals surface area contributed by atoms with Gasteiger partial charge in [0, 0.05) is 11.8 Å². The molecule has 18 heavy (non-hydrogen) atoms. The van der Waals surface area contributed by atoms with Gasteiger partial charge in [-0.3, -0.25) is 0 Å². The summed E-state index contributed by atoms with van der Waals surface area (Å²) < 4.78 is 40.8. The molecule has 7 heteroatoms. The van der Waals surface area contributed by atoms with Gasteiger partial charge >= 0.3 is 5.97 Å². The SMILES string of the molecule is COC(=O)C(O)c1cc(S(C)(=O)=O)c(C)cc1F. The van der Waals surface area contributed by atoms with Gasteiger partial charge in [-0.15, -0.1) is 0 Å². The zero-order chi connectivity index (χ0) is 14.1. The van der Waals surface area contributed by atoms with Crippen molar-refractivity contribution in [3.8, 4) is 0 Å². The van der Waals surface area contributed by atoms with E-state index >= 15 is 0 Å². The highest BCUT2D eigenvalue weighted by Crippen LogP contribution is 2.25. The molecule has 0 aromatic heterocycles. The predicted molar refractivity (Wildman–Crippen MR) is 61.2 cm³/mol. The normalized spacial score (nSPS) is 13.2. The largest absolute Gasteiger partial charge is 0.467 e. The second kappa shape index (κ2) is 5.03. The Labute approximate surface area is 104 Å². The summed E-state index contributed by atoms with van der Waals surface area (Å²) in [6.07, 6.45) is -0.891. The maximum Gasteiger partial charge on any atom is 0.339 e. The second-order valence-electron chi connectivity index (χ2n) is 3.84. The van der Waals surface area contributed by atoms with Crippen LogP contribution in [0.3, 0.4) is 0 Å². The van der Waals surface area contributed by atoms with E-state index in [0.29, 0.717) is 0 Å². The zero-order valence-corrected chi connectivity index (χ0v) is 10.9. The van der Waals surface area contributed by atoms with E-state index in [0.717, 1.165) is 25.5 Å². The number of esters is 1. The Morgan fingerprint density at radius 3 is 2.44 bits per heavy atom. The van der Waals surface area contributed by atoms with E-state index in [1.54, 1.807) is 0 Å². The maximum absolute atomic E-state index is 13.6. The van der Waals surface area contributed by atoms with Gasteiger partial charge in [0.2, 0.25) is 0 Å². The standard InChI is InChI=1S/C11H13FO5S/c1-6-4-8(12)7(10(13)11(14)17-2)5-9(6)18(3,15)16/h4-5,10,13H,1-3H3. The van der Waals surface area contributed by atoms with Gasteiger partial charge in [-0.25, -0.2) is 17.6 Å². The minimum absolute atomic E-state index is 0.137. The van der Waals surface area contributed by atoms with Crippen LogP contribution in [-0.4, -0.2) is 32.9 Å². The van der Waals surface area contributed by atoms with Gasteiger partial charge in [-0.05, 0) is 24.6 Å². The highest BCUT2D eigenvalue weighted by molar-refractivity contribution is 7.90. The van der Waals surface area contributed by atoms with Crippen LogP contribution >= 0.6 is 0 Å². The van der Waals surface area contributed by atoms with Gasteiger partial charge in [0.15, 0.2) is 15.9 Å². The third-order valence-electron chi connectivity index (χ3n) is 2.41. The smallest absolute Gasteiger partial charge is 0.339 e. The molecule has 1 unspecified atom stereocenters. The number of methoxy groups -OCH3 is 1. The molecule has 0 spiro atoms. The average Bonchev–Trinajstić information content (AvgIpc) is 2.25. The molecule has 0 saturated carbocycles. The van der Waals surface area contributed by atoms with Crippen molar-refractivity contribution in [1.82, 2.24) is 0 Å². The quantitative estimate of drug-likeness (QED) is 0.650. The molecule has 1 N–H and O–H groups in total. The van der Waals surface area contributed by atoms with E-state index in [4.69, 9.17) is 0 Å². The number of sulfone groups is 1. The van der Waals surface area contributed by atoms with Crippen molar-refractivity contribution < 1.29 is 27.4 Å². The van der Waals surface area contributed by atoms with Crippen LogP contribution in [0.4, 0.5) is 4.39 Å². The van der Waals surface area contributed by atoms with Crippen LogP contribution in [0.15, 0.2) is 17.0 Å². The second-order valence-corrected chi connectivity index (χ2v) is 5.82. The maximum atomic E-state index is 13.6. The van der Waals surface area contributed by atoms with E-state index < -0.39 is 33.3 Å². The number of halogens is 1. The fourth-order valence-corrected chi connectivity index (χ4v) is 2.50. The summed E-state index contributed by atoms with van der Waals surface area (Å²) in [5.74, 6) is -1.92. The Hall–Kier alpha value is -1.47. The number of rotatable bonds is 3. The first kappa shape index (κ1) is 14.6. The molecule has 1 rings (SSSR count). The number of aryl methyl sites for hydroxylation is 1. The van der Waals surface area contributed by atoms with Crippen molar-refractivity contribution in [2.45, 2.75) is 17.9 Å². The highest BCUT2D eigenvalue weighted by atomic mass is 32.2. The molecule has 1 aromatic rings. The molecule has 100 valence electrons. The minimum atomic E-state index is -3.57. The van der Waals surface area contributed by atoms with Crippen LogP contribution in [0.25, 0.3) is 0 Å². The molecular formula is C11H13FO5S. The summed E-state index contributed by atoms with van der Waals surface area (Å²) in [4.78, 5) is 11.0. The molecule has 0 heterocycles. The van der Waals surface area contributed by atoms with Crippen LogP contribution in [-0.2, 0) is 19.4 Å². The third kappa shape index (κ3) is 2.85. The first-order valence-electron chi connectivity index (χ1n) is 4.94. The molecule has 5 nitrogen and oxygen atoms in total. The van der Waals surface area contributed by atoms with Crippen molar-refractivity contribution in [2.24, 2.45) is 0 Å². The number of benzene rings is 1. The van der Waals surface area contributed by atoms with E-state index in [-0.39, 0.29) is 10.5 Å². The van der Waals surface area contributed by atoms with Crippen molar-refractivity contribution in [3.05, 3.63) is 29.1 Å². The zero-order valence-electron chi connectivity index (χ0n) is 10.1. The Balaban J connectivity index is 3.43. The van der Waals surface area contributed by atoms with Crippen molar-refractivity contribution in [1.29, 1.82) is 0 Å². The number of aliphatic hydroxyl groups excluding tert-OH is 1. The number of ether oxygens (including phenoxy) is 1. The Bertz CT molecular complexity index is 579. The van der Waals surface area contributed by atoms with Crippen molar-refractivity contribution in [3.63, 3.8) is 0 Å². The number of carbonyl (C=O) groups excluding carboxylic acids is 1. The first-order chi connectivity index (χ1) is 8.18. The summed E-state index contributed by atoms with van der Waals surface area (Å²) in [6.45, 7) is 1.42. The van der Waals surface area contributed by atoms with E-state index in [1.807, 2.05) is 0 Å². The molecule has 0 aliphatic heterocycles. The molecule has 0 aliphatic rings. The van der Waals surface area contributed by atoms with E-state index in [2.05, 4.69) is 4.74 Å². The molecule has 0 aliphatic carbocycles. The summed E-state index contributed by atoms with van der Waals surface area (Å²) in [7, 11) is -2.53. The number of hydrogen-bond acceptors (Lipinski definition) is 5. The van der Waals surface area contributed by atoms with Crippen LogP contribution in [0.5, 0.6) is 0 Å². The summed E-state index contributed by atoms with van der Waals surface area (Å²) >= 11 is 0. The molecule has 0 radical (unpaired) electrons. The number of carbonyl (C=O) groups is 1. The van der Waals surface area contributed by atoms with Gasteiger partial charge in [0.1, 0.15) is 5.82 Å². The summed E-state index contributed by atoms with van der Waals surface area (Å²) in [5, 5.41) is 9.54. The van der Waals surface area contributed by atoms with Crippen LogP contribution in [0, 0.1) is 12.7 Å². The van der Waals surface area contributed by atoms with Crippen LogP contribution < -0.4 is 0 Å². The summed E-state index contributed by atoms with van der Waals surface area (Å²) in [5.41, 5.74) is -0.219. The van der Waals surface area contributed by atoms with Gasteiger partial charge in [-0.2, -0.15) is 0 Å². The van der Waals surface area contributed by atoms with E-state index in [1.165, 1.54) is 6.92 Å². The lowest BCUT2D eigenvalue weighted by molar-refractivity contribution is -0.150.